The third-order valence-corrected chi connectivity index (χ3v) is 4.26. The van der Waals surface area contributed by atoms with Crippen molar-refractivity contribution in [2.75, 3.05) is 45.9 Å². The third kappa shape index (κ3) is 6.39. The molecule has 0 bridgehead atoms. The molecule has 1 N–H and O–H groups in total. The van der Waals surface area contributed by atoms with Gasteiger partial charge in [-0.3, -0.25) is 9.80 Å². The smallest absolute Gasteiger partial charge is 0.387 e. The van der Waals surface area contributed by atoms with Gasteiger partial charge in [-0.25, -0.2) is 0 Å². The lowest BCUT2D eigenvalue weighted by Gasteiger charge is -2.40. The molecule has 1 aliphatic rings. The topological polar surface area (TPSA) is 35.9 Å². The molecule has 1 aliphatic heterocycles. The van der Waals surface area contributed by atoms with Gasteiger partial charge in [-0.15, -0.1) is 0 Å². The number of hydrogen-bond acceptors (Lipinski definition) is 4. The van der Waals surface area contributed by atoms with Crippen LogP contribution in [0.4, 0.5) is 13.2 Å². The molecular weight excluding hydrogens is 321 g/mol. The number of benzene rings is 1. The van der Waals surface area contributed by atoms with Crippen molar-refractivity contribution in [3.63, 3.8) is 0 Å². The normalized spacial score (nSPS) is 21.8. The Bertz CT molecular complexity index is 484. The van der Waals surface area contributed by atoms with Crippen molar-refractivity contribution in [1.29, 1.82) is 0 Å². The van der Waals surface area contributed by atoms with Gasteiger partial charge in [0.2, 0.25) is 0 Å². The molecule has 1 aromatic rings. The van der Waals surface area contributed by atoms with Crippen molar-refractivity contribution >= 4 is 0 Å². The van der Waals surface area contributed by atoms with Crippen molar-refractivity contribution in [1.82, 2.24) is 9.80 Å². The summed E-state index contributed by atoms with van der Waals surface area (Å²) in [5.74, 6) is 0. The van der Waals surface area contributed by atoms with E-state index in [0.717, 1.165) is 25.2 Å². The number of β-amino-alcohol motifs (C(OH)–C–C–N with tert-alkyl or cyclic N) is 1. The Morgan fingerprint density at radius 2 is 1.96 bits per heavy atom. The fraction of sp³-hybridized carbons (Fsp3) is 0.647. The minimum Gasteiger partial charge on any atom is -0.387 e. The van der Waals surface area contributed by atoms with Gasteiger partial charge in [-0.2, -0.15) is 13.2 Å². The number of nitrogens with zero attached hydrogens (tertiary/aromatic N) is 2. The summed E-state index contributed by atoms with van der Waals surface area (Å²) in [5.41, 5.74) is 0.896. The summed E-state index contributed by atoms with van der Waals surface area (Å²) in [7, 11) is 0. The molecule has 1 heterocycles. The number of piperazine rings is 1. The molecule has 0 radical (unpaired) electrons. The number of halogens is 3. The van der Waals surface area contributed by atoms with E-state index in [2.05, 4.69) is 21.5 Å². The van der Waals surface area contributed by atoms with Crippen molar-refractivity contribution in [3.8, 4) is 0 Å². The van der Waals surface area contributed by atoms with Crippen molar-refractivity contribution < 1.29 is 23.0 Å². The van der Waals surface area contributed by atoms with Gasteiger partial charge in [0.15, 0.2) is 0 Å². The summed E-state index contributed by atoms with van der Waals surface area (Å²) in [6.07, 6.45) is -4.80. The van der Waals surface area contributed by atoms with Gasteiger partial charge in [0, 0.05) is 38.8 Å². The van der Waals surface area contributed by atoms with E-state index >= 15 is 0 Å². The molecule has 7 heteroatoms. The lowest BCUT2D eigenvalue weighted by Crippen LogP contribution is -2.53. The Hall–Kier alpha value is -1.15. The summed E-state index contributed by atoms with van der Waals surface area (Å²) in [6.45, 7) is 4.33. The highest BCUT2D eigenvalue weighted by Gasteiger charge is 2.28. The number of aliphatic hydroxyl groups is 1. The number of alkyl halides is 3. The van der Waals surface area contributed by atoms with Crippen LogP contribution in [0.5, 0.6) is 0 Å². The molecule has 0 unspecified atom stereocenters. The second-order valence-electron chi connectivity index (χ2n) is 6.24. The maximum absolute atomic E-state index is 12.0. The second kappa shape index (κ2) is 8.80. The maximum atomic E-state index is 12.0. The highest BCUT2D eigenvalue weighted by atomic mass is 19.4. The van der Waals surface area contributed by atoms with Crippen LogP contribution in [0.25, 0.3) is 0 Å². The van der Waals surface area contributed by atoms with E-state index in [1.807, 2.05) is 30.3 Å². The molecule has 0 amide bonds. The average Bonchev–Trinajstić information content (AvgIpc) is 2.54. The summed E-state index contributed by atoms with van der Waals surface area (Å²) in [6, 6.07) is 9.77. The average molecular weight is 346 g/mol. The number of hydrogen-bond donors (Lipinski definition) is 1. The van der Waals surface area contributed by atoms with E-state index in [-0.39, 0.29) is 12.6 Å². The quantitative estimate of drug-likeness (QED) is 0.769. The lowest BCUT2D eigenvalue weighted by molar-refractivity contribution is -0.174. The molecule has 1 fully saturated rings. The predicted octanol–water partition coefficient (Wildman–Crippen LogP) is 2.31. The fourth-order valence-electron chi connectivity index (χ4n) is 2.93. The Kier molecular flexibility index (Phi) is 7.03. The van der Waals surface area contributed by atoms with Crippen LogP contribution in [0.2, 0.25) is 0 Å². The molecule has 1 saturated heterocycles. The highest BCUT2D eigenvalue weighted by molar-refractivity contribution is 5.17. The van der Waals surface area contributed by atoms with Crippen molar-refractivity contribution in [2.45, 2.75) is 25.2 Å². The summed E-state index contributed by atoms with van der Waals surface area (Å²) < 4.78 is 40.7. The number of ether oxygens (including phenoxy) is 1. The van der Waals surface area contributed by atoms with Crippen LogP contribution in [0.3, 0.4) is 0 Å². The Morgan fingerprint density at radius 3 is 2.58 bits per heavy atom. The maximum Gasteiger partial charge on any atom is 0.411 e. The van der Waals surface area contributed by atoms with Crippen LogP contribution in [-0.2, 0) is 4.74 Å². The molecule has 1 aromatic carbocycles. The largest absolute Gasteiger partial charge is 0.411 e. The van der Waals surface area contributed by atoms with E-state index < -0.39 is 18.9 Å². The van der Waals surface area contributed by atoms with Crippen LogP contribution >= 0.6 is 0 Å². The lowest BCUT2D eigenvalue weighted by atomic mass is 10.1. The fourth-order valence-corrected chi connectivity index (χ4v) is 2.93. The van der Waals surface area contributed by atoms with Crippen LogP contribution in [0, 0.1) is 0 Å². The molecule has 4 nitrogen and oxygen atoms in total. The SMILES string of the molecule is C[C@H]1CN(CCOCC(F)(F)F)CCN1C[C@H](O)c1ccccc1. The number of aliphatic hydroxyl groups excluding tert-OH is 1. The van der Waals surface area contributed by atoms with Crippen molar-refractivity contribution in [2.24, 2.45) is 0 Å². The molecule has 0 aromatic heterocycles. The zero-order chi connectivity index (χ0) is 17.6. The molecule has 0 spiro atoms. The molecule has 0 aliphatic carbocycles. The van der Waals surface area contributed by atoms with Gasteiger partial charge in [-0.05, 0) is 12.5 Å². The Labute approximate surface area is 140 Å². The van der Waals surface area contributed by atoms with Gasteiger partial charge < -0.3 is 9.84 Å². The molecule has 24 heavy (non-hydrogen) atoms. The second-order valence-corrected chi connectivity index (χ2v) is 6.24. The van der Waals surface area contributed by atoms with Gasteiger partial charge >= 0.3 is 6.18 Å². The first-order chi connectivity index (χ1) is 11.3. The monoisotopic (exact) mass is 346 g/mol. The standard InChI is InChI=1S/C17H25F3N2O2/c1-14-11-21(9-10-24-13-17(18,19)20)7-8-22(14)12-16(23)15-5-3-2-4-6-15/h2-6,14,16,23H,7-13H2,1H3/t14-,16-/m0/s1. The van der Waals surface area contributed by atoms with E-state index in [1.54, 1.807) is 0 Å². The van der Waals surface area contributed by atoms with E-state index in [4.69, 9.17) is 0 Å². The van der Waals surface area contributed by atoms with Crippen molar-refractivity contribution in [3.05, 3.63) is 35.9 Å². The van der Waals surface area contributed by atoms with E-state index in [1.165, 1.54) is 0 Å². The molecule has 2 rings (SSSR count). The van der Waals surface area contributed by atoms with Crippen LogP contribution in [-0.4, -0.2) is 73.1 Å². The molecule has 2 atom stereocenters. The van der Waals surface area contributed by atoms with Gasteiger partial charge in [0.25, 0.3) is 0 Å². The van der Waals surface area contributed by atoms with Gasteiger partial charge in [0.1, 0.15) is 6.61 Å². The predicted molar refractivity (Wildman–Crippen MR) is 85.8 cm³/mol. The first kappa shape index (κ1) is 19.2. The Morgan fingerprint density at radius 1 is 1.25 bits per heavy atom. The number of rotatable bonds is 7. The third-order valence-electron chi connectivity index (χ3n) is 4.26. The molecule has 136 valence electrons. The van der Waals surface area contributed by atoms with Crippen LogP contribution in [0.15, 0.2) is 30.3 Å². The van der Waals surface area contributed by atoms with E-state index in [0.29, 0.717) is 13.1 Å². The molecule has 0 saturated carbocycles. The zero-order valence-corrected chi connectivity index (χ0v) is 13.9. The van der Waals surface area contributed by atoms with Crippen LogP contribution < -0.4 is 0 Å². The zero-order valence-electron chi connectivity index (χ0n) is 13.9. The first-order valence-corrected chi connectivity index (χ1v) is 8.19. The van der Waals surface area contributed by atoms with Gasteiger partial charge in [-0.1, -0.05) is 30.3 Å². The molecular formula is C17H25F3N2O2. The van der Waals surface area contributed by atoms with Crippen LogP contribution in [0.1, 0.15) is 18.6 Å². The summed E-state index contributed by atoms with van der Waals surface area (Å²) >= 11 is 0. The Balaban J connectivity index is 1.71. The first-order valence-electron chi connectivity index (χ1n) is 8.19. The minimum absolute atomic E-state index is 0.0822. The summed E-state index contributed by atoms with van der Waals surface area (Å²) in [4.78, 5) is 4.32. The summed E-state index contributed by atoms with van der Waals surface area (Å²) in [5, 5.41) is 10.3. The highest BCUT2D eigenvalue weighted by Crippen LogP contribution is 2.18. The van der Waals surface area contributed by atoms with E-state index in [9.17, 15) is 18.3 Å². The minimum atomic E-state index is -4.26. The van der Waals surface area contributed by atoms with Gasteiger partial charge in [0.05, 0.1) is 12.7 Å².